The number of aromatic nitrogens is 2. The normalized spacial score (nSPS) is 10.0. The quantitative estimate of drug-likeness (QED) is 0.518. The van der Waals surface area contributed by atoms with Gasteiger partial charge >= 0.3 is 0 Å². The average Bonchev–Trinajstić information content (AvgIpc) is 2.45. The van der Waals surface area contributed by atoms with Gasteiger partial charge in [0.05, 0.1) is 11.9 Å². The molecular weight excluding hydrogens is 340 g/mol. The van der Waals surface area contributed by atoms with Gasteiger partial charge in [-0.3, -0.25) is 4.79 Å². The molecule has 7 heteroatoms. The van der Waals surface area contributed by atoms with E-state index in [1.807, 2.05) is 18.2 Å². The molecule has 0 aliphatic rings. The molecule has 1 aromatic carbocycles. The number of anilines is 1. The number of thioether (sulfide) groups is 1. The van der Waals surface area contributed by atoms with E-state index < -0.39 is 0 Å². The van der Waals surface area contributed by atoms with Crippen LogP contribution in [0.1, 0.15) is 15.9 Å². The predicted octanol–water partition coefficient (Wildman–Crippen LogP) is 2.67. The first-order chi connectivity index (χ1) is 9.60. The van der Waals surface area contributed by atoms with Gasteiger partial charge < -0.3 is 5.73 Å². The van der Waals surface area contributed by atoms with Crippen LogP contribution in [-0.2, 0) is 0 Å². The van der Waals surface area contributed by atoms with E-state index in [-0.39, 0.29) is 22.9 Å². The van der Waals surface area contributed by atoms with Crippen LogP contribution in [0.3, 0.4) is 0 Å². The van der Waals surface area contributed by atoms with Crippen LogP contribution in [0.2, 0.25) is 0 Å². The number of nitrogens with two attached hydrogens (primary N) is 1. The van der Waals surface area contributed by atoms with Gasteiger partial charge in [0.1, 0.15) is 17.5 Å². The molecule has 2 rings (SSSR count). The molecule has 0 spiro atoms. The number of rotatable bonds is 4. The van der Waals surface area contributed by atoms with E-state index >= 15 is 0 Å². The van der Waals surface area contributed by atoms with Crippen molar-refractivity contribution in [3.05, 3.63) is 46.1 Å². The number of benzene rings is 1. The third-order valence-electron chi connectivity index (χ3n) is 2.42. The molecule has 0 radical (unpaired) electrons. The molecule has 1 aromatic heterocycles. The summed E-state index contributed by atoms with van der Waals surface area (Å²) in [6.45, 7) is 0. The van der Waals surface area contributed by atoms with Gasteiger partial charge in [-0.05, 0) is 12.1 Å². The predicted molar refractivity (Wildman–Crippen MR) is 80.4 cm³/mol. The number of ketones is 1. The van der Waals surface area contributed by atoms with Crippen molar-refractivity contribution >= 4 is 39.3 Å². The summed E-state index contributed by atoms with van der Waals surface area (Å²) >= 11 is 4.50. The Morgan fingerprint density at radius 1 is 1.40 bits per heavy atom. The molecular formula is C13H9BrN4OS. The Kier molecular flexibility index (Phi) is 4.71. The highest BCUT2D eigenvalue weighted by atomic mass is 79.9. The Bertz CT molecular complexity index is 682. The highest BCUT2D eigenvalue weighted by Crippen LogP contribution is 2.18. The second-order valence-electron chi connectivity index (χ2n) is 3.78. The zero-order valence-electron chi connectivity index (χ0n) is 10.2. The number of Topliss-reactive ketones (excluding diaryl/α,β-unsaturated/α-hetero) is 1. The van der Waals surface area contributed by atoms with Crippen molar-refractivity contribution < 1.29 is 4.79 Å². The van der Waals surface area contributed by atoms with Gasteiger partial charge in [-0.2, -0.15) is 5.26 Å². The van der Waals surface area contributed by atoms with Crippen molar-refractivity contribution in [3.63, 3.8) is 0 Å². The minimum atomic E-state index is -0.0194. The Morgan fingerprint density at radius 3 is 2.70 bits per heavy atom. The lowest BCUT2D eigenvalue weighted by Crippen LogP contribution is -2.04. The topological polar surface area (TPSA) is 92.7 Å². The summed E-state index contributed by atoms with van der Waals surface area (Å²) in [5.41, 5.74) is 6.45. The molecule has 0 aliphatic carbocycles. The number of halogens is 1. The van der Waals surface area contributed by atoms with Crippen molar-refractivity contribution in [2.24, 2.45) is 0 Å². The van der Waals surface area contributed by atoms with Crippen LogP contribution in [-0.4, -0.2) is 21.5 Å². The molecule has 0 bridgehead atoms. The number of nitrogen functional groups attached to an aromatic ring is 1. The lowest BCUT2D eigenvalue weighted by Gasteiger charge is -2.02. The zero-order valence-corrected chi connectivity index (χ0v) is 12.6. The van der Waals surface area contributed by atoms with Gasteiger partial charge in [0.2, 0.25) is 0 Å². The van der Waals surface area contributed by atoms with E-state index in [9.17, 15) is 4.79 Å². The maximum atomic E-state index is 12.0. The summed E-state index contributed by atoms with van der Waals surface area (Å²) in [4.78, 5) is 19.9. The molecule has 0 saturated heterocycles. The van der Waals surface area contributed by atoms with Gasteiger partial charge in [-0.15, -0.1) is 0 Å². The average molecular weight is 349 g/mol. The summed E-state index contributed by atoms with van der Waals surface area (Å²) < 4.78 is 0.921. The maximum absolute atomic E-state index is 12.0. The lowest BCUT2D eigenvalue weighted by atomic mass is 10.2. The lowest BCUT2D eigenvalue weighted by molar-refractivity contribution is 0.102. The van der Waals surface area contributed by atoms with Gasteiger partial charge in [0.15, 0.2) is 10.9 Å². The molecule has 0 amide bonds. The fourth-order valence-corrected chi connectivity index (χ4v) is 2.36. The molecule has 5 nitrogen and oxygen atoms in total. The van der Waals surface area contributed by atoms with E-state index in [2.05, 4.69) is 25.9 Å². The summed E-state index contributed by atoms with van der Waals surface area (Å²) in [5, 5.41) is 9.11. The summed E-state index contributed by atoms with van der Waals surface area (Å²) in [5.74, 6) is 0.322. The third kappa shape index (κ3) is 3.56. The van der Waals surface area contributed by atoms with Crippen LogP contribution in [0.15, 0.2) is 40.1 Å². The SMILES string of the molecule is N#Cc1cnc(SCC(=O)c2ccc(Br)cc2)nc1N. The van der Waals surface area contributed by atoms with E-state index in [1.165, 1.54) is 18.0 Å². The van der Waals surface area contributed by atoms with Crippen LogP contribution in [0, 0.1) is 11.3 Å². The minimum absolute atomic E-state index is 0.0194. The second-order valence-corrected chi connectivity index (χ2v) is 5.64. The Labute approximate surface area is 128 Å². The fourth-order valence-electron chi connectivity index (χ4n) is 1.38. The Hall–Kier alpha value is -1.91. The molecule has 2 aromatic rings. The van der Waals surface area contributed by atoms with Crippen LogP contribution in [0.5, 0.6) is 0 Å². The highest BCUT2D eigenvalue weighted by molar-refractivity contribution is 9.10. The number of nitriles is 1. The van der Waals surface area contributed by atoms with Gasteiger partial charge in [0.25, 0.3) is 0 Å². The van der Waals surface area contributed by atoms with Crippen molar-refractivity contribution in [1.82, 2.24) is 9.97 Å². The van der Waals surface area contributed by atoms with E-state index in [1.54, 1.807) is 12.1 Å². The first-order valence-corrected chi connectivity index (χ1v) is 7.32. The molecule has 0 atom stereocenters. The molecule has 0 unspecified atom stereocenters. The standard InChI is InChI=1S/C13H9BrN4OS/c14-10-3-1-8(2-4-10)11(19)7-20-13-17-6-9(5-15)12(16)18-13/h1-4,6H,7H2,(H2,16,17,18). The number of carbonyl (C=O) groups is 1. The van der Waals surface area contributed by atoms with Gasteiger partial charge in [0, 0.05) is 10.0 Å². The molecule has 0 saturated carbocycles. The van der Waals surface area contributed by atoms with Crippen molar-refractivity contribution in [1.29, 1.82) is 5.26 Å². The number of hydrogen-bond donors (Lipinski definition) is 1. The molecule has 2 N–H and O–H groups in total. The van der Waals surface area contributed by atoms with E-state index in [4.69, 9.17) is 11.0 Å². The monoisotopic (exact) mass is 348 g/mol. The van der Waals surface area contributed by atoms with Crippen molar-refractivity contribution in [2.45, 2.75) is 5.16 Å². The summed E-state index contributed by atoms with van der Waals surface area (Å²) in [7, 11) is 0. The van der Waals surface area contributed by atoms with E-state index in [0.29, 0.717) is 10.7 Å². The number of nitrogens with zero attached hydrogens (tertiary/aromatic N) is 3. The highest BCUT2D eigenvalue weighted by Gasteiger charge is 2.09. The van der Waals surface area contributed by atoms with E-state index in [0.717, 1.165) is 4.47 Å². The molecule has 0 fully saturated rings. The van der Waals surface area contributed by atoms with Crippen LogP contribution in [0.25, 0.3) is 0 Å². The zero-order chi connectivity index (χ0) is 14.5. The number of hydrogen-bond acceptors (Lipinski definition) is 6. The fraction of sp³-hybridized carbons (Fsp3) is 0.0769. The molecule has 0 aliphatic heterocycles. The Morgan fingerprint density at radius 2 is 2.10 bits per heavy atom. The van der Waals surface area contributed by atoms with Crippen LogP contribution >= 0.6 is 27.7 Å². The number of carbonyl (C=O) groups excluding carboxylic acids is 1. The summed E-state index contributed by atoms with van der Waals surface area (Å²) in [6, 6.07) is 9.02. The largest absolute Gasteiger partial charge is 0.382 e. The molecule has 1 heterocycles. The molecule has 100 valence electrons. The summed E-state index contributed by atoms with van der Waals surface area (Å²) in [6.07, 6.45) is 1.36. The Balaban J connectivity index is 2.02. The smallest absolute Gasteiger partial charge is 0.189 e. The minimum Gasteiger partial charge on any atom is -0.382 e. The van der Waals surface area contributed by atoms with Crippen LogP contribution < -0.4 is 5.73 Å². The van der Waals surface area contributed by atoms with Gasteiger partial charge in [-0.1, -0.05) is 39.8 Å². The second kappa shape index (κ2) is 6.50. The first-order valence-electron chi connectivity index (χ1n) is 5.54. The van der Waals surface area contributed by atoms with Crippen LogP contribution in [0.4, 0.5) is 5.82 Å². The molecule has 20 heavy (non-hydrogen) atoms. The maximum Gasteiger partial charge on any atom is 0.189 e. The van der Waals surface area contributed by atoms with Gasteiger partial charge in [-0.25, -0.2) is 9.97 Å². The van der Waals surface area contributed by atoms with Crippen molar-refractivity contribution in [3.8, 4) is 6.07 Å². The third-order valence-corrected chi connectivity index (χ3v) is 3.81. The van der Waals surface area contributed by atoms with Crippen molar-refractivity contribution in [2.75, 3.05) is 11.5 Å². The first kappa shape index (κ1) is 14.5.